The first-order valence-corrected chi connectivity index (χ1v) is 6.75. The fraction of sp³-hybridized carbons (Fsp3) is 0.467. The summed E-state index contributed by atoms with van der Waals surface area (Å²) in [6.45, 7) is 1.98. The number of esters is 1. The first-order chi connectivity index (χ1) is 9.56. The molecule has 0 spiro atoms. The highest BCUT2D eigenvalue weighted by Gasteiger charge is 2.43. The first-order valence-electron chi connectivity index (χ1n) is 6.75. The van der Waals surface area contributed by atoms with Crippen molar-refractivity contribution in [3.63, 3.8) is 0 Å². The summed E-state index contributed by atoms with van der Waals surface area (Å²) in [7, 11) is 1.37. The van der Waals surface area contributed by atoms with Gasteiger partial charge < -0.3 is 10.5 Å². The molecule has 108 valence electrons. The fourth-order valence-corrected chi connectivity index (χ4v) is 2.94. The molecule has 0 bridgehead atoms. The van der Waals surface area contributed by atoms with Gasteiger partial charge in [-0.25, -0.2) is 0 Å². The van der Waals surface area contributed by atoms with E-state index in [1.54, 1.807) is 0 Å². The van der Waals surface area contributed by atoms with Gasteiger partial charge in [0.25, 0.3) is 0 Å². The smallest absolute Gasteiger partial charge is 0.323 e. The van der Waals surface area contributed by atoms with Gasteiger partial charge in [0, 0.05) is 6.04 Å². The van der Waals surface area contributed by atoms with Crippen LogP contribution in [0.5, 0.6) is 0 Å². The number of benzene rings is 1. The summed E-state index contributed by atoms with van der Waals surface area (Å²) in [6, 6.07) is 8.87. The largest absolute Gasteiger partial charge is 0.468 e. The maximum atomic E-state index is 11.9. The average molecular weight is 276 g/mol. The number of nitrogens with two attached hydrogens (primary N) is 1. The van der Waals surface area contributed by atoms with Gasteiger partial charge in [-0.2, -0.15) is 0 Å². The van der Waals surface area contributed by atoms with E-state index in [1.165, 1.54) is 7.11 Å². The fourth-order valence-electron chi connectivity index (χ4n) is 2.94. The van der Waals surface area contributed by atoms with Crippen molar-refractivity contribution >= 4 is 11.9 Å². The third kappa shape index (κ3) is 2.67. The third-order valence-electron chi connectivity index (χ3n) is 3.96. The van der Waals surface area contributed by atoms with Gasteiger partial charge in [-0.1, -0.05) is 30.3 Å². The molecular weight excluding hydrogens is 256 g/mol. The minimum atomic E-state index is -0.422. The maximum Gasteiger partial charge on any atom is 0.323 e. The van der Waals surface area contributed by atoms with Crippen LogP contribution in [0.1, 0.15) is 31.4 Å². The lowest BCUT2D eigenvalue weighted by Gasteiger charge is -2.33. The van der Waals surface area contributed by atoms with Crippen LogP contribution in [0, 0.1) is 0 Å². The van der Waals surface area contributed by atoms with E-state index in [-0.39, 0.29) is 17.9 Å². The average Bonchev–Trinajstić information content (AvgIpc) is 2.91. The zero-order chi connectivity index (χ0) is 14.7. The summed E-state index contributed by atoms with van der Waals surface area (Å²) >= 11 is 0. The summed E-state index contributed by atoms with van der Waals surface area (Å²) in [5.74, 6) is -0.698. The Morgan fingerprint density at radius 1 is 1.25 bits per heavy atom. The van der Waals surface area contributed by atoms with Gasteiger partial charge in [-0.15, -0.1) is 0 Å². The molecule has 0 aliphatic carbocycles. The second kappa shape index (κ2) is 6.05. The van der Waals surface area contributed by atoms with E-state index < -0.39 is 12.1 Å². The zero-order valence-electron chi connectivity index (χ0n) is 11.8. The van der Waals surface area contributed by atoms with Gasteiger partial charge in [0.15, 0.2) is 0 Å². The van der Waals surface area contributed by atoms with Crippen LogP contribution in [0.2, 0.25) is 0 Å². The van der Waals surface area contributed by atoms with Crippen molar-refractivity contribution in [1.82, 2.24) is 4.90 Å². The summed E-state index contributed by atoms with van der Waals surface area (Å²) in [6.07, 6.45) is 1.18. The van der Waals surface area contributed by atoms with Gasteiger partial charge in [-0.3, -0.25) is 14.5 Å². The molecule has 0 saturated carbocycles. The number of likely N-dealkylation sites (tertiary alicyclic amines) is 1. The van der Waals surface area contributed by atoms with Crippen LogP contribution in [0.15, 0.2) is 30.3 Å². The molecule has 1 saturated heterocycles. The normalized spacial score (nSPS) is 24.3. The second-order valence-corrected chi connectivity index (χ2v) is 5.07. The molecule has 1 aromatic carbocycles. The molecule has 1 fully saturated rings. The highest BCUT2D eigenvalue weighted by Crippen LogP contribution is 2.34. The Labute approximate surface area is 118 Å². The molecule has 5 nitrogen and oxygen atoms in total. The minimum absolute atomic E-state index is 0.0692. The van der Waals surface area contributed by atoms with Crippen LogP contribution < -0.4 is 5.73 Å². The zero-order valence-corrected chi connectivity index (χ0v) is 11.8. The Hall–Kier alpha value is -1.88. The molecule has 5 heteroatoms. The molecule has 0 unspecified atom stereocenters. The number of nitrogens with zero attached hydrogens (tertiary/aromatic N) is 1. The van der Waals surface area contributed by atoms with E-state index in [0.717, 1.165) is 5.56 Å². The Morgan fingerprint density at radius 2 is 1.85 bits per heavy atom. The molecule has 1 aliphatic heterocycles. The Morgan fingerprint density at radius 3 is 2.40 bits per heavy atom. The van der Waals surface area contributed by atoms with Gasteiger partial charge >= 0.3 is 5.97 Å². The van der Waals surface area contributed by atoms with Gasteiger partial charge in [0.1, 0.15) is 6.04 Å². The lowest BCUT2D eigenvalue weighted by atomic mass is 10.0. The number of carbonyl (C=O) groups excluding carboxylic acids is 2. The SMILES string of the molecule is COC(=O)[C@@H]1CC[C@@H](C(N)=O)N1[C@@H](C)c1ccccc1. The Bertz CT molecular complexity index is 489. The number of hydrogen-bond donors (Lipinski definition) is 1. The van der Waals surface area contributed by atoms with E-state index in [0.29, 0.717) is 12.8 Å². The second-order valence-electron chi connectivity index (χ2n) is 5.07. The number of ether oxygens (including phenoxy) is 1. The van der Waals surface area contributed by atoms with Crippen LogP contribution in [-0.4, -0.2) is 36.0 Å². The molecule has 0 aromatic heterocycles. The number of rotatable bonds is 4. The molecular formula is C15H20N2O3. The van der Waals surface area contributed by atoms with Gasteiger partial charge in [0.2, 0.25) is 5.91 Å². The van der Waals surface area contributed by atoms with Crippen molar-refractivity contribution in [1.29, 1.82) is 0 Å². The molecule has 20 heavy (non-hydrogen) atoms. The van der Waals surface area contributed by atoms with Crippen LogP contribution in [-0.2, 0) is 14.3 Å². The monoisotopic (exact) mass is 276 g/mol. The number of primary amides is 1. The van der Waals surface area contributed by atoms with E-state index in [2.05, 4.69) is 0 Å². The highest BCUT2D eigenvalue weighted by molar-refractivity contribution is 5.83. The highest BCUT2D eigenvalue weighted by atomic mass is 16.5. The van der Waals surface area contributed by atoms with E-state index in [9.17, 15) is 9.59 Å². The van der Waals surface area contributed by atoms with Crippen molar-refractivity contribution < 1.29 is 14.3 Å². The lowest BCUT2D eigenvalue weighted by Crippen LogP contribution is -2.48. The molecule has 1 amide bonds. The predicted octanol–water partition coefficient (Wildman–Crippen LogP) is 1.24. The van der Waals surface area contributed by atoms with Crippen molar-refractivity contribution in [2.24, 2.45) is 5.73 Å². The molecule has 3 atom stereocenters. The van der Waals surface area contributed by atoms with Crippen molar-refractivity contribution in [3.05, 3.63) is 35.9 Å². The lowest BCUT2D eigenvalue weighted by molar-refractivity contribution is -0.147. The molecule has 1 aromatic rings. The van der Waals surface area contributed by atoms with Crippen molar-refractivity contribution in [2.75, 3.05) is 7.11 Å². The molecule has 2 N–H and O–H groups in total. The number of amides is 1. The molecule has 2 rings (SSSR count). The number of methoxy groups -OCH3 is 1. The van der Waals surface area contributed by atoms with E-state index >= 15 is 0 Å². The van der Waals surface area contributed by atoms with Crippen molar-refractivity contribution in [2.45, 2.75) is 37.9 Å². The van der Waals surface area contributed by atoms with Crippen LogP contribution in [0.4, 0.5) is 0 Å². The molecule has 1 aliphatic rings. The first kappa shape index (κ1) is 14.5. The summed E-state index contributed by atoms with van der Waals surface area (Å²) in [4.78, 5) is 25.4. The Kier molecular flexibility index (Phi) is 4.39. The topological polar surface area (TPSA) is 72.6 Å². The van der Waals surface area contributed by atoms with Gasteiger partial charge in [-0.05, 0) is 25.3 Å². The van der Waals surface area contributed by atoms with Gasteiger partial charge in [0.05, 0.1) is 13.2 Å². The Balaban J connectivity index is 2.30. The minimum Gasteiger partial charge on any atom is -0.468 e. The summed E-state index contributed by atoms with van der Waals surface area (Å²) < 4.78 is 4.85. The van der Waals surface area contributed by atoms with E-state index in [1.807, 2.05) is 42.2 Å². The number of hydrogen-bond acceptors (Lipinski definition) is 4. The molecule has 0 radical (unpaired) electrons. The standard InChI is InChI=1S/C15H20N2O3/c1-10(11-6-4-3-5-7-11)17-12(14(16)18)8-9-13(17)15(19)20-2/h3-7,10,12-13H,8-9H2,1-2H3,(H2,16,18)/t10-,12-,13-/m0/s1. The molecule has 1 heterocycles. The number of carbonyl (C=O) groups is 2. The summed E-state index contributed by atoms with van der Waals surface area (Å²) in [5.41, 5.74) is 6.53. The third-order valence-corrected chi connectivity index (χ3v) is 3.96. The van der Waals surface area contributed by atoms with Crippen LogP contribution >= 0.6 is 0 Å². The van der Waals surface area contributed by atoms with Crippen LogP contribution in [0.3, 0.4) is 0 Å². The summed E-state index contributed by atoms with van der Waals surface area (Å²) in [5, 5.41) is 0. The van der Waals surface area contributed by atoms with Crippen molar-refractivity contribution in [3.8, 4) is 0 Å². The maximum absolute atomic E-state index is 11.9. The van der Waals surface area contributed by atoms with E-state index in [4.69, 9.17) is 10.5 Å². The predicted molar refractivity (Wildman–Crippen MR) is 74.7 cm³/mol. The van der Waals surface area contributed by atoms with Crippen LogP contribution in [0.25, 0.3) is 0 Å². The quantitative estimate of drug-likeness (QED) is 0.840.